The summed E-state index contributed by atoms with van der Waals surface area (Å²) in [6.07, 6.45) is 6.89. The topological polar surface area (TPSA) is 53.2 Å². The molecule has 0 bridgehead atoms. The number of aliphatic hydroxyl groups is 1. The number of pyridine rings is 1. The van der Waals surface area contributed by atoms with E-state index in [4.69, 9.17) is 0 Å². The molecule has 1 amide bonds. The zero-order valence-electron chi connectivity index (χ0n) is 14.3. The molecular formula is C20H27N2O2+. The van der Waals surface area contributed by atoms with Crippen LogP contribution in [0.2, 0.25) is 0 Å². The van der Waals surface area contributed by atoms with Crippen LogP contribution in [-0.2, 0) is 11.3 Å². The lowest BCUT2D eigenvalue weighted by Crippen LogP contribution is -2.37. The molecule has 2 atom stereocenters. The summed E-state index contributed by atoms with van der Waals surface area (Å²) in [7, 11) is 0. The van der Waals surface area contributed by atoms with E-state index in [1.807, 2.05) is 55.5 Å². The van der Waals surface area contributed by atoms with E-state index in [1.54, 1.807) is 0 Å². The van der Waals surface area contributed by atoms with E-state index in [1.165, 1.54) is 0 Å². The lowest BCUT2D eigenvalue weighted by molar-refractivity contribution is -0.697. The summed E-state index contributed by atoms with van der Waals surface area (Å²) < 4.78 is 2.15. The summed E-state index contributed by atoms with van der Waals surface area (Å²) in [6.45, 7) is 2.81. The number of carbonyl (C=O) groups excluding carboxylic acids is 1. The van der Waals surface area contributed by atoms with Crippen LogP contribution in [0.15, 0.2) is 60.9 Å². The van der Waals surface area contributed by atoms with Crippen molar-refractivity contribution in [1.29, 1.82) is 0 Å². The number of benzene rings is 1. The largest absolute Gasteiger partial charge is 0.386 e. The molecule has 24 heavy (non-hydrogen) atoms. The Kier molecular flexibility index (Phi) is 7.43. The highest BCUT2D eigenvalue weighted by atomic mass is 16.3. The Bertz CT molecular complexity index is 602. The quantitative estimate of drug-likeness (QED) is 0.550. The van der Waals surface area contributed by atoms with Gasteiger partial charge in [0.05, 0.1) is 12.1 Å². The maximum absolute atomic E-state index is 12.0. The standard InChI is InChI=1S/C20H26N2O2/c1-17(20(24)18-11-5-2-6-12-18)21-19(23)13-7-3-8-14-22-15-9-4-10-16-22/h2,4-6,9-12,15-17,20,24H,3,7-8,13-14H2,1H3/p+1/t17-,20+/m0/s1. The van der Waals surface area contributed by atoms with Crippen molar-refractivity contribution in [1.82, 2.24) is 5.32 Å². The molecule has 4 nitrogen and oxygen atoms in total. The molecule has 2 rings (SSSR count). The molecular weight excluding hydrogens is 300 g/mol. The minimum absolute atomic E-state index is 0.00449. The molecule has 0 unspecified atom stereocenters. The number of aliphatic hydroxyl groups excluding tert-OH is 1. The monoisotopic (exact) mass is 327 g/mol. The number of hydrogen-bond acceptors (Lipinski definition) is 2. The highest BCUT2D eigenvalue weighted by molar-refractivity contribution is 5.76. The Balaban J connectivity index is 1.62. The lowest BCUT2D eigenvalue weighted by Gasteiger charge is -2.20. The maximum atomic E-state index is 12.0. The summed E-state index contributed by atoms with van der Waals surface area (Å²) in [5.41, 5.74) is 0.824. The first-order valence-corrected chi connectivity index (χ1v) is 8.63. The van der Waals surface area contributed by atoms with Gasteiger partial charge in [-0.15, -0.1) is 0 Å². The smallest absolute Gasteiger partial charge is 0.220 e. The Morgan fingerprint density at radius 1 is 1.04 bits per heavy atom. The van der Waals surface area contributed by atoms with Gasteiger partial charge < -0.3 is 10.4 Å². The number of aromatic nitrogens is 1. The molecule has 0 saturated carbocycles. The number of nitrogens with zero attached hydrogens (tertiary/aromatic N) is 1. The van der Waals surface area contributed by atoms with Gasteiger partial charge in [0.15, 0.2) is 12.4 Å². The highest BCUT2D eigenvalue weighted by Crippen LogP contribution is 2.16. The number of hydrogen-bond donors (Lipinski definition) is 2. The van der Waals surface area contributed by atoms with Crippen LogP contribution in [0.3, 0.4) is 0 Å². The highest BCUT2D eigenvalue weighted by Gasteiger charge is 2.17. The fourth-order valence-corrected chi connectivity index (χ4v) is 2.68. The van der Waals surface area contributed by atoms with Crippen molar-refractivity contribution in [3.63, 3.8) is 0 Å². The van der Waals surface area contributed by atoms with E-state index in [9.17, 15) is 9.90 Å². The van der Waals surface area contributed by atoms with Gasteiger partial charge in [-0.2, -0.15) is 0 Å². The Labute approximate surface area is 144 Å². The normalized spacial score (nSPS) is 13.2. The number of aryl methyl sites for hydroxylation is 1. The fraction of sp³-hybridized carbons (Fsp3) is 0.400. The molecule has 0 radical (unpaired) electrons. The van der Waals surface area contributed by atoms with E-state index in [-0.39, 0.29) is 11.9 Å². The van der Waals surface area contributed by atoms with Crippen molar-refractivity contribution in [2.75, 3.05) is 0 Å². The average Bonchev–Trinajstić information content (AvgIpc) is 2.62. The van der Waals surface area contributed by atoms with Gasteiger partial charge in [-0.3, -0.25) is 4.79 Å². The molecule has 0 aliphatic rings. The van der Waals surface area contributed by atoms with Gasteiger partial charge in [0.25, 0.3) is 0 Å². The zero-order chi connectivity index (χ0) is 17.2. The summed E-state index contributed by atoms with van der Waals surface area (Å²) in [5, 5.41) is 13.1. The van der Waals surface area contributed by atoms with Gasteiger partial charge in [0, 0.05) is 25.0 Å². The molecule has 1 aromatic carbocycles. The van der Waals surface area contributed by atoms with Gasteiger partial charge >= 0.3 is 0 Å². The molecule has 2 N–H and O–H groups in total. The van der Waals surface area contributed by atoms with Gasteiger partial charge in [0.2, 0.25) is 5.91 Å². The summed E-state index contributed by atoms with van der Waals surface area (Å²) in [6, 6.07) is 15.2. The first-order valence-electron chi connectivity index (χ1n) is 8.63. The molecule has 1 heterocycles. The zero-order valence-corrected chi connectivity index (χ0v) is 14.3. The van der Waals surface area contributed by atoms with Crippen molar-refractivity contribution in [3.05, 3.63) is 66.5 Å². The second-order valence-corrected chi connectivity index (χ2v) is 6.14. The molecule has 0 aliphatic heterocycles. The third-order valence-electron chi connectivity index (χ3n) is 4.10. The van der Waals surface area contributed by atoms with E-state index in [0.717, 1.165) is 31.4 Å². The predicted molar refractivity (Wildman–Crippen MR) is 94.1 cm³/mol. The van der Waals surface area contributed by atoms with Crippen LogP contribution in [-0.4, -0.2) is 17.1 Å². The summed E-state index contributed by atoms with van der Waals surface area (Å²) in [5.74, 6) is 0.00449. The molecule has 4 heteroatoms. The third kappa shape index (κ3) is 6.13. The van der Waals surface area contributed by atoms with Crippen molar-refractivity contribution in [3.8, 4) is 0 Å². The minimum Gasteiger partial charge on any atom is -0.386 e. The first-order chi connectivity index (χ1) is 11.7. The van der Waals surface area contributed by atoms with Crippen LogP contribution in [0, 0.1) is 0 Å². The van der Waals surface area contributed by atoms with E-state index < -0.39 is 6.10 Å². The number of amides is 1. The lowest BCUT2D eigenvalue weighted by atomic mass is 10.0. The maximum Gasteiger partial charge on any atom is 0.220 e. The van der Waals surface area contributed by atoms with Crippen molar-refractivity contribution >= 4 is 5.91 Å². The Morgan fingerprint density at radius 2 is 1.71 bits per heavy atom. The Morgan fingerprint density at radius 3 is 2.42 bits per heavy atom. The number of carbonyl (C=O) groups is 1. The van der Waals surface area contributed by atoms with Gasteiger partial charge in [-0.1, -0.05) is 36.4 Å². The molecule has 2 aromatic rings. The molecule has 0 saturated heterocycles. The van der Waals surface area contributed by atoms with Crippen LogP contribution in [0.25, 0.3) is 0 Å². The van der Waals surface area contributed by atoms with Crippen molar-refractivity contribution in [2.24, 2.45) is 0 Å². The number of rotatable bonds is 9. The Hall–Kier alpha value is -2.20. The fourth-order valence-electron chi connectivity index (χ4n) is 2.68. The average molecular weight is 327 g/mol. The predicted octanol–water partition coefficient (Wildman–Crippen LogP) is 2.77. The minimum atomic E-state index is -0.676. The van der Waals surface area contributed by atoms with Gasteiger partial charge in [0.1, 0.15) is 6.54 Å². The molecule has 0 aliphatic carbocycles. The third-order valence-corrected chi connectivity index (χ3v) is 4.10. The summed E-state index contributed by atoms with van der Waals surface area (Å²) in [4.78, 5) is 12.0. The van der Waals surface area contributed by atoms with E-state index in [2.05, 4.69) is 22.3 Å². The van der Waals surface area contributed by atoms with Gasteiger partial charge in [-0.05, 0) is 25.3 Å². The van der Waals surface area contributed by atoms with Crippen LogP contribution in [0.1, 0.15) is 44.3 Å². The number of unbranched alkanes of at least 4 members (excludes halogenated alkanes) is 2. The van der Waals surface area contributed by atoms with Crippen LogP contribution in [0.5, 0.6) is 0 Å². The molecule has 1 aromatic heterocycles. The van der Waals surface area contributed by atoms with Crippen LogP contribution < -0.4 is 9.88 Å². The molecule has 0 fully saturated rings. The summed E-state index contributed by atoms with van der Waals surface area (Å²) >= 11 is 0. The van der Waals surface area contributed by atoms with Gasteiger partial charge in [-0.25, -0.2) is 4.57 Å². The molecule has 128 valence electrons. The van der Waals surface area contributed by atoms with Crippen molar-refractivity contribution in [2.45, 2.75) is 51.3 Å². The van der Waals surface area contributed by atoms with E-state index in [0.29, 0.717) is 6.42 Å². The second kappa shape index (κ2) is 9.83. The SMILES string of the molecule is C[C@H](NC(=O)CCCCC[n+]1ccccc1)[C@@H](O)c1ccccc1. The first kappa shape index (κ1) is 18.1. The van der Waals surface area contributed by atoms with E-state index >= 15 is 0 Å². The molecule has 0 spiro atoms. The second-order valence-electron chi connectivity index (χ2n) is 6.14. The van der Waals surface area contributed by atoms with Crippen LogP contribution in [0.4, 0.5) is 0 Å². The van der Waals surface area contributed by atoms with Crippen molar-refractivity contribution < 1.29 is 14.5 Å². The van der Waals surface area contributed by atoms with Crippen LogP contribution >= 0.6 is 0 Å². The number of nitrogens with one attached hydrogen (secondary N) is 1.